The zero-order chi connectivity index (χ0) is 14.1. The van der Waals surface area contributed by atoms with Crippen LogP contribution >= 0.6 is 0 Å². The molecule has 0 aliphatic heterocycles. The number of nitrogens with two attached hydrogens (primary N) is 1. The molecule has 0 spiro atoms. The molecule has 104 valence electrons. The van der Waals surface area contributed by atoms with Gasteiger partial charge >= 0.3 is 0 Å². The van der Waals surface area contributed by atoms with Crippen molar-refractivity contribution >= 4 is 0 Å². The van der Waals surface area contributed by atoms with Gasteiger partial charge in [-0.2, -0.15) is 0 Å². The van der Waals surface area contributed by atoms with Crippen LogP contribution in [0.3, 0.4) is 0 Å². The van der Waals surface area contributed by atoms with Crippen LogP contribution in [0.5, 0.6) is 0 Å². The highest BCUT2D eigenvalue weighted by Crippen LogP contribution is 2.41. The van der Waals surface area contributed by atoms with Gasteiger partial charge in [0.2, 0.25) is 0 Å². The minimum atomic E-state index is -0.266. The van der Waals surface area contributed by atoms with Gasteiger partial charge in [-0.25, -0.2) is 0 Å². The van der Waals surface area contributed by atoms with Crippen LogP contribution in [0.2, 0.25) is 0 Å². The topological polar surface area (TPSA) is 35.2 Å². The van der Waals surface area contributed by atoms with E-state index in [4.69, 9.17) is 10.5 Å². The van der Waals surface area contributed by atoms with E-state index < -0.39 is 0 Å². The summed E-state index contributed by atoms with van der Waals surface area (Å²) >= 11 is 0. The largest absolute Gasteiger partial charge is 0.375 e. The first-order valence-electron chi connectivity index (χ1n) is 6.64. The quantitative estimate of drug-likeness (QED) is 0.792. The molecule has 0 aliphatic rings. The van der Waals surface area contributed by atoms with Crippen molar-refractivity contribution < 1.29 is 4.74 Å². The molecule has 0 aromatic rings. The van der Waals surface area contributed by atoms with E-state index in [0.29, 0.717) is 5.41 Å². The summed E-state index contributed by atoms with van der Waals surface area (Å²) in [6.07, 6.45) is 1.07. The highest BCUT2D eigenvalue weighted by atomic mass is 16.5. The van der Waals surface area contributed by atoms with Gasteiger partial charge < -0.3 is 10.5 Å². The Balaban J connectivity index is 4.58. The van der Waals surface area contributed by atoms with Crippen molar-refractivity contribution in [1.29, 1.82) is 0 Å². The SMILES string of the molecule is CC(C)(C)CCOC(C)(C)C(C)(C)C(C)(C)N. The van der Waals surface area contributed by atoms with Crippen molar-refractivity contribution in [3.8, 4) is 0 Å². The van der Waals surface area contributed by atoms with E-state index in [1.165, 1.54) is 0 Å². The first kappa shape index (κ1) is 16.9. The van der Waals surface area contributed by atoms with Crippen LogP contribution in [-0.4, -0.2) is 17.7 Å². The van der Waals surface area contributed by atoms with Crippen LogP contribution in [0.1, 0.15) is 68.7 Å². The maximum atomic E-state index is 6.28. The van der Waals surface area contributed by atoms with Crippen molar-refractivity contribution in [2.45, 2.75) is 79.9 Å². The fraction of sp³-hybridized carbons (Fsp3) is 1.00. The van der Waals surface area contributed by atoms with Crippen molar-refractivity contribution in [1.82, 2.24) is 0 Å². The molecule has 0 aliphatic carbocycles. The normalized spacial score (nSPS) is 15.2. The van der Waals surface area contributed by atoms with Crippen LogP contribution in [0.15, 0.2) is 0 Å². The van der Waals surface area contributed by atoms with E-state index in [1.807, 2.05) is 0 Å². The number of ether oxygens (including phenoxy) is 1. The predicted molar refractivity (Wildman–Crippen MR) is 76.2 cm³/mol. The van der Waals surface area contributed by atoms with Crippen LogP contribution in [0, 0.1) is 10.8 Å². The Morgan fingerprint density at radius 1 is 0.824 bits per heavy atom. The van der Waals surface area contributed by atoms with E-state index in [-0.39, 0.29) is 16.6 Å². The highest BCUT2D eigenvalue weighted by molar-refractivity contribution is 5.01. The van der Waals surface area contributed by atoms with Crippen molar-refractivity contribution in [3.05, 3.63) is 0 Å². The molecule has 2 N–H and O–H groups in total. The molecule has 17 heavy (non-hydrogen) atoms. The lowest BCUT2D eigenvalue weighted by molar-refractivity contribution is -0.126. The minimum absolute atomic E-state index is 0.0854. The Morgan fingerprint density at radius 2 is 1.24 bits per heavy atom. The summed E-state index contributed by atoms with van der Waals surface area (Å²) in [4.78, 5) is 0. The second-order valence-corrected chi connectivity index (χ2v) is 8.02. The number of rotatable bonds is 5. The molecule has 0 bridgehead atoms. The first-order valence-corrected chi connectivity index (χ1v) is 6.64. The van der Waals surface area contributed by atoms with Crippen LogP contribution in [0.25, 0.3) is 0 Å². The molecule has 0 heterocycles. The van der Waals surface area contributed by atoms with Gasteiger partial charge in [0.05, 0.1) is 5.60 Å². The third-order valence-electron chi connectivity index (χ3n) is 4.43. The molecule has 2 heteroatoms. The summed E-state index contributed by atoms with van der Waals surface area (Å²) in [6.45, 7) is 20.3. The number of hydrogen-bond donors (Lipinski definition) is 1. The van der Waals surface area contributed by atoms with Crippen LogP contribution in [-0.2, 0) is 4.74 Å². The average Bonchev–Trinajstić information content (AvgIpc) is 1.98. The average molecular weight is 243 g/mol. The third-order valence-corrected chi connectivity index (χ3v) is 4.43. The molecule has 0 unspecified atom stereocenters. The Labute approximate surface area is 108 Å². The second kappa shape index (κ2) is 4.89. The Morgan fingerprint density at radius 3 is 1.53 bits per heavy atom. The molecule has 2 nitrogen and oxygen atoms in total. The van der Waals surface area contributed by atoms with Gasteiger partial charge in [0.1, 0.15) is 0 Å². The van der Waals surface area contributed by atoms with Gasteiger partial charge in [0, 0.05) is 17.6 Å². The van der Waals surface area contributed by atoms with Gasteiger partial charge in [0.25, 0.3) is 0 Å². The summed E-state index contributed by atoms with van der Waals surface area (Å²) in [7, 11) is 0. The molecule has 0 aromatic heterocycles. The van der Waals surface area contributed by atoms with Gasteiger partial charge in [-0.15, -0.1) is 0 Å². The van der Waals surface area contributed by atoms with Gasteiger partial charge in [-0.1, -0.05) is 34.6 Å². The van der Waals surface area contributed by atoms with Gasteiger partial charge in [-0.3, -0.25) is 0 Å². The monoisotopic (exact) mass is 243 g/mol. The van der Waals surface area contributed by atoms with E-state index >= 15 is 0 Å². The summed E-state index contributed by atoms with van der Waals surface area (Å²) in [5.41, 5.74) is 6.02. The minimum Gasteiger partial charge on any atom is -0.375 e. The zero-order valence-corrected chi connectivity index (χ0v) is 13.4. The van der Waals surface area contributed by atoms with Crippen molar-refractivity contribution in [2.75, 3.05) is 6.61 Å². The van der Waals surface area contributed by atoms with Crippen molar-refractivity contribution in [3.63, 3.8) is 0 Å². The Hall–Kier alpha value is -0.0800. The van der Waals surface area contributed by atoms with E-state index in [9.17, 15) is 0 Å². The fourth-order valence-corrected chi connectivity index (χ4v) is 1.57. The molecule has 0 saturated carbocycles. The molecule has 0 rings (SSSR count). The zero-order valence-electron chi connectivity index (χ0n) is 13.4. The lowest BCUT2D eigenvalue weighted by Crippen LogP contribution is -2.59. The maximum Gasteiger partial charge on any atom is 0.0694 e. The molecule has 0 saturated heterocycles. The first-order chi connectivity index (χ1) is 7.21. The van der Waals surface area contributed by atoms with Gasteiger partial charge in [-0.05, 0) is 39.5 Å². The lowest BCUT2D eigenvalue weighted by Gasteiger charge is -2.50. The molecular weight excluding hydrogens is 210 g/mol. The van der Waals surface area contributed by atoms with Gasteiger partial charge in [0.15, 0.2) is 0 Å². The van der Waals surface area contributed by atoms with E-state index in [0.717, 1.165) is 13.0 Å². The predicted octanol–water partition coefficient (Wildman–Crippen LogP) is 3.98. The molecule has 0 amide bonds. The highest BCUT2D eigenvalue weighted by Gasteiger charge is 2.46. The fourth-order valence-electron chi connectivity index (χ4n) is 1.57. The van der Waals surface area contributed by atoms with E-state index in [1.54, 1.807) is 0 Å². The molecule has 0 fully saturated rings. The summed E-state index contributed by atoms with van der Waals surface area (Å²) in [5.74, 6) is 0. The van der Waals surface area contributed by atoms with E-state index in [2.05, 4.69) is 62.3 Å². The third kappa shape index (κ3) is 4.59. The van der Waals surface area contributed by atoms with Crippen molar-refractivity contribution in [2.24, 2.45) is 16.6 Å². The van der Waals surface area contributed by atoms with Crippen LogP contribution < -0.4 is 5.73 Å². The number of hydrogen-bond acceptors (Lipinski definition) is 2. The van der Waals surface area contributed by atoms with Crippen LogP contribution in [0.4, 0.5) is 0 Å². The standard InChI is InChI=1S/C15H33NO/c1-12(2,3)10-11-17-15(8,9)13(4,5)14(6,7)16/h10-11,16H2,1-9H3. The summed E-state index contributed by atoms with van der Waals surface area (Å²) < 4.78 is 6.12. The smallest absolute Gasteiger partial charge is 0.0694 e. The summed E-state index contributed by atoms with van der Waals surface area (Å²) in [5, 5.41) is 0. The Kier molecular flexibility index (Phi) is 4.87. The molecular formula is C15H33NO. The molecule has 0 atom stereocenters. The Bertz CT molecular complexity index is 241. The second-order valence-electron chi connectivity index (χ2n) is 8.02. The summed E-state index contributed by atoms with van der Waals surface area (Å²) in [6, 6.07) is 0. The lowest BCUT2D eigenvalue weighted by atomic mass is 9.65. The molecule has 0 aromatic carbocycles. The molecule has 0 radical (unpaired) electrons. The maximum absolute atomic E-state index is 6.28.